The fourth-order valence-electron chi connectivity index (χ4n) is 2.52. The summed E-state index contributed by atoms with van der Waals surface area (Å²) in [5, 5.41) is 0. The van der Waals surface area contributed by atoms with E-state index in [-0.39, 0.29) is 5.52 Å². The van der Waals surface area contributed by atoms with Gasteiger partial charge in [0, 0.05) is 18.2 Å². The van der Waals surface area contributed by atoms with Crippen molar-refractivity contribution in [3.63, 3.8) is 0 Å². The molecule has 2 aromatic carbocycles. The number of nitrogens with zero attached hydrogens (tertiary/aromatic N) is 2. The minimum absolute atomic E-state index is 0.257. The number of carbonyl (C=O) groups excluding carboxylic acids is 1. The van der Waals surface area contributed by atoms with Gasteiger partial charge in [0.25, 0.3) is 5.91 Å². The van der Waals surface area contributed by atoms with Gasteiger partial charge in [-0.25, -0.2) is 8.78 Å². The molecule has 0 spiro atoms. The number of benzene rings is 2. The van der Waals surface area contributed by atoms with Crippen molar-refractivity contribution >= 4 is 27.5 Å². The molecule has 1 amide bonds. The Kier molecular flexibility index (Phi) is 4.94. The maximum Gasteiger partial charge on any atom is 0.279 e. The van der Waals surface area contributed by atoms with E-state index in [2.05, 4.69) is 4.99 Å². The third kappa shape index (κ3) is 3.46. The van der Waals surface area contributed by atoms with Gasteiger partial charge in [0.1, 0.15) is 11.6 Å². The second-order valence-corrected chi connectivity index (χ2v) is 6.25. The fraction of sp³-hybridized carbons (Fsp3) is 0.222. The van der Waals surface area contributed by atoms with Gasteiger partial charge in [0.2, 0.25) is 0 Å². The Labute approximate surface area is 147 Å². The SMILES string of the molecule is CCOc1ccc(C(=O)N=c2sc3cc(F)cc(F)c3n2CC)cc1. The Bertz CT molecular complexity index is 991. The highest BCUT2D eigenvalue weighted by molar-refractivity contribution is 7.16. The van der Waals surface area contributed by atoms with E-state index in [1.165, 1.54) is 6.07 Å². The summed E-state index contributed by atoms with van der Waals surface area (Å²) in [6, 6.07) is 8.72. The van der Waals surface area contributed by atoms with Crippen LogP contribution in [0.3, 0.4) is 0 Å². The van der Waals surface area contributed by atoms with E-state index in [9.17, 15) is 13.6 Å². The van der Waals surface area contributed by atoms with Crippen LogP contribution in [0.25, 0.3) is 10.2 Å². The molecule has 1 aromatic heterocycles. The Hall–Kier alpha value is -2.54. The van der Waals surface area contributed by atoms with Gasteiger partial charge in [0.05, 0.1) is 16.8 Å². The van der Waals surface area contributed by atoms with E-state index < -0.39 is 17.5 Å². The highest BCUT2D eigenvalue weighted by Gasteiger charge is 2.13. The molecule has 0 atom stereocenters. The molecular weight excluding hydrogens is 346 g/mol. The predicted molar refractivity (Wildman–Crippen MR) is 92.9 cm³/mol. The number of hydrogen-bond donors (Lipinski definition) is 0. The zero-order valence-corrected chi connectivity index (χ0v) is 14.6. The van der Waals surface area contributed by atoms with Crippen LogP contribution in [0.2, 0.25) is 0 Å². The summed E-state index contributed by atoms with van der Waals surface area (Å²) in [5.41, 5.74) is 0.655. The summed E-state index contributed by atoms with van der Waals surface area (Å²) >= 11 is 1.08. The third-order valence-electron chi connectivity index (χ3n) is 3.62. The molecule has 4 nitrogen and oxygen atoms in total. The van der Waals surface area contributed by atoms with Gasteiger partial charge in [-0.1, -0.05) is 11.3 Å². The molecule has 130 valence electrons. The normalized spacial score (nSPS) is 11.9. The number of carbonyl (C=O) groups is 1. The standard InChI is InChI=1S/C18H16F2N2O2S/c1-3-22-16-14(20)9-12(19)10-15(16)25-18(22)21-17(23)11-5-7-13(8-6-11)24-4-2/h5-10H,3-4H2,1-2H3. The average molecular weight is 362 g/mol. The number of ether oxygens (including phenoxy) is 1. The lowest BCUT2D eigenvalue weighted by atomic mass is 10.2. The van der Waals surface area contributed by atoms with Crippen LogP contribution in [0, 0.1) is 11.6 Å². The van der Waals surface area contributed by atoms with E-state index in [1.54, 1.807) is 28.8 Å². The number of thiazole rings is 1. The number of halogens is 2. The molecule has 0 aliphatic heterocycles. The first-order valence-electron chi connectivity index (χ1n) is 7.83. The molecule has 3 aromatic rings. The number of fused-ring (bicyclic) bond motifs is 1. The molecule has 0 radical (unpaired) electrons. The third-order valence-corrected chi connectivity index (χ3v) is 4.65. The molecule has 0 saturated heterocycles. The lowest BCUT2D eigenvalue weighted by Gasteiger charge is -2.03. The van der Waals surface area contributed by atoms with Crippen molar-refractivity contribution in [1.29, 1.82) is 0 Å². The highest BCUT2D eigenvalue weighted by atomic mass is 32.1. The molecule has 0 fully saturated rings. The summed E-state index contributed by atoms with van der Waals surface area (Å²) in [4.78, 5) is 16.8. The van der Waals surface area contributed by atoms with Crippen LogP contribution in [0.5, 0.6) is 5.75 Å². The van der Waals surface area contributed by atoms with E-state index in [0.29, 0.717) is 34.0 Å². The highest BCUT2D eigenvalue weighted by Crippen LogP contribution is 2.22. The Morgan fingerprint density at radius 3 is 2.56 bits per heavy atom. The van der Waals surface area contributed by atoms with Crippen molar-refractivity contribution < 1.29 is 18.3 Å². The van der Waals surface area contributed by atoms with E-state index in [1.807, 2.05) is 13.8 Å². The van der Waals surface area contributed by atoms with Gasteiger partial charge in [0.15, 0.2) is 10.6 Å². The van der Waals surface area contributed by atoms with Crippen molar-refractivity contribution in [2.24, 2.45) is 4.99 Å². The zero-order chi connectivity index (χ0) is 18.0. The van der Waals surface area contributed by atoms with Crippen LogP contribution in [0.1, 0.15) is 24.2 Å². The number of rotatable bonds is 4. The zero-order valence-electron chi connectivity index (χ0n) is 13.8. The van der Waals surface area contributed by atoms with Gasteiger partial charge in [-0.2, -0.15) is 4.99 Å². The first kappa shape index (κ1) is 17.3. The second kappa shape index (κ2) is 7.14. The molecular formula is C18H16F2N2O2S. The van der Waals surface area contributed by atoms with E-state index >= 15 is 0 Å². The lowest BCUT2D eigenvalue weighted by molar-refractivity contribution is 0.0998. The monoisotopic (exact) mass is 362 g/mol. The summed E-state index contributed by atoms with van der Waals surface area (Å²) in [6.45, 7) is 4.65. The minimum Gasteiger partial charge on any atom is -0.494 e. The predicted octanol–water partition coefficient (Wildman–Crippen LogP) is 4.14. The van der Waals surface area contributed by atoms with Crippen molar-refractivity contribution in [1.82, 2.24) is 4.57 Å². The minimum atomic E-state index is -0.664. The van der Waals surface area contributed by atoms with Gasteiger partial charge >= 0.3 is 0 Å². The maximum atomic E-state index is 14.1. The maximum absolute atomic E-state index is 14.1. The molecule has 0 N–H and O–H groups in total. The average Bonchev–Trinajstić information content (AvgIpc) is 2.92. The molecule has 3 rings (SSSR count). The first-order valence-corrected chi connectivity index (χ1v) is 8.65. The van der Waals surface area contributed by atoms with Crippen molar-refractivity contribution in [2.45, 2.75) is 20.4 Å². The lowest BCUT2D eigenvalue weighted by Crippen LogP contribution is -2.16. The molecule has 7 heteroatoms. The number of amides is 1. The summed E-state index contributed by atoms with van der Waals surface area (Å²) < 4.78 is 34.8. The number of aromatic nitrogens is 1. The van der Waals surface area contributed by atoms with Crippen LogP contribution < -0.4 is 9.54 Å². The molecule has 0 unspecified atom stereocenters. The smallest absolute Gasteiger partial charge is 0.279 e. The fourth-order valence-corrected chi connectivity index (χ4v) is 3.65. The summed E-state index contributed by atoms with van der Waals surface area (Å²) in [7, 11) is 0. The van der Waals surface area contributed by atoms with Crippen LogP contribution in [0.15, 0.2) is 41.4 Å². The van der Waals surface area contributed by atoms with Gasteiger partial charge in [-0.15, -0.1) is 0 Å². The van der Waals surface area contributed by atoms with E-state index in [4.69, 9.17) is 4.74 Å². The molecule has 0 aliphatic carbocycles. The molecule has 0 aliphatic rings. The van der Waals surface area contributed by atoms with Crippen LogP contribution in [-0.4, -0.2) is 17.1 Å². The van der Waals surface area contributed by atoms with Gasteiger partial charge in [-0.3, -0.25) is 4.79 Å². The van der Waals surface area contributed by atoms with Crippen molar-refractivity contribution in [3.8, 4) is 5.75 Å². The Balaban J connectivity index is 2.05. The largest absolute Gasteiger partial charge is 0.494 e. The van der Waals surface area contributed by atoms with Crippen LogP contribution in [0.4, 0.5) is 8.78 Å². The van der Waals surface area contributed by atoms with Crippen molar-refractivity contribution in [2.75, 3.05) is 6.61 Å². The quantitative estimate of drug-likeness (QED) is 0.700. The van der Waals surface area contributed by atoms with Crippen LogP contribution in [-0.2, 0) is 6.54 Å². The Morgan fingerprint density at radius 2 is 1.92 bits per heavy atom. The van der Waals surface area contributed by atoms with Crippen LogP contribution >= 0.6 is 11.3 Å². The topological polar surface area (TPSA) is 43.6 Å². The summed E-state index contributed by atoms with van der Waals surface area (Å²) in [6.07, 6.45) is 0. The molecule has 0 saturated carbocycles. The van der Waals surface area contributed by atoms with Gasteiger partial charge < -0.3 is 9.30 Å². The number of aryl methyl sites for hydroxylation is 1. The van der Waals surface area contributed by atoms with Crippen molar-refractivity contribution in [3.05, 3.63) is 58.4 Å². The first-order chi connectivity index (χ1) is 12.0. The molecule has 0 bridgehead atoms. The van der Waals surface area contributed by atoms with E-state index in [0.717, 1.165) is 17.4 Å². The molecule has 25 heavy (non-hydrogen) atoms. The number of hydrogen-bond acceptors (Lipinski definition) is 3. The Morgan fingerprint density at radius 1 is 1.20 bits per heavy atom. The molecule has 1 heterocycles. The van der Waals surface area contributed by atoms with Gasteiger partial charge in [-0.05, 0) is 44.2 Å². The summed E-state index contributed by atoms with van der Waals surface area (Å²) in [5.74, 6) is -1.10. The second-order valence-electron chi connectivity index (χ2n) is 5.24.